The third kappa shape index (κ3) is 6.52. The monoisotopic (exact) mass is 490 g/mol. The Morgan fingerprint density at radius 3 is 2.26 bits per heavy atom. The normalized spacial score (nSPS) is 13.2. The fourth-order valence-electron chi connectivity index (χ4n) is 3.73. The number of ether oxygens (including phenoxy) is 1. The number of methoxy groups -OCH3 is 1. The molecule has 0 saturated heterocycles. The average molecular weight is 491 g/mol. The maximum atomic E-state index is 12.9. The van der Waals surface area contributed by atoms with E-state index in [1.165, 1.54) is 19.2 Å². The summed E-state index contributed by atoms with van der Waals surface area (Å²) < 4.78 is 44.1. The van der Waals surface area contributed by atoms with Crippen molar-refractivity contribution < 1.29 is 22.7 Å². The number of benzene rings is 3. The van der Waals surface area contributed by atoms with Gasteiger partial charge in [0.25, 0.3) is 0 Å². The van der Waals surface area contributed by atoms with Gasteiger partial charge in [0.1, 0.15) is 11.8 Å². The van der Waals surface area contributed by atoms with Crippen molar-refractivity contribution in [2.75, 3.05) is 14.2 Å². The number of aryl methyl sites for hydroxylation is 1. The number of halogens is 4. The summed E-state index contributed by atoms with van der Waals surface area (Å²) in [6.45, 7) is 0. The maximum absolute atomic E-state index is 12.9. The van der Waals surface area contributed by atoms with Crippen LogP contribution < -0.4 is 15.4 Å². The first-order chi connectivity index (χ1) is 16.2. The molecule has 0 aliphatic rings. The Labute approximate surface area is 202 Å². The molecule has 2 N–H and O–H groups in total. The van der Waals surface area contributed by atoms with Crippen LogP contribution in [0.2, 0.25) is 5.02 Å². The first-order valence-electron chi connectivity index (χ1n) is 10.7. The van der Waals surface area contributed by atoms with Crippen LogP contribution in [0, 0.1) is 0 Å². The molecule has 8 heteroatoms. The molecule has 0 unspecified atom stereocenters. The van der Waals surface area contributed by atoms with Gasteiger partial charge < -0.3 is 10.1 Å². The van der Waals surface area contributed by atoms with E-state index in [9.17, 15) is 18.0 Å². The minimum atomic E-state index is -4.38. The quantitative estimate of drug-likeness (QED) is 0.380. The summed E-state index contributed by atoms with van der Waals surface area (Å²) >= 11 is 6.20. The highest BCUT2D eigenvalue weighted by Gasteiger charge is 2.30. The minimum Gasteiger partial charge on any atom is -0.495 e. The van der Waals surface area contributed by atoms with Crippen molar-refractivity contribution in [3.8, 4) is 5.75 Å². The third-order valence-electron chi connectivity index (χ3n) is 5.59. The zero-order valence-corrected chi connectivity index (χ0v) is 19.6. The van der Waals surface area contributed by atoms with E-state index in [4.69, 9.17) is 16.3 Å². The van der Waals surface area contributed by atoms with Gasteiger partial charge in [-0.3, -0.25) is 10.1 Å². The zero-order valence-electron chi connectivity index (χ0n) is 18.8. The van der Waals surface area contributed by atoms with Gasteiger partial charge in [0, 0.05) is 13.1 Å². The van der Waals surface area contributed by atoms with E-state index < -0.39 is 17.8 Å². The van der Waals surface area contributed by atoms with Gasteiger partial charge in [0.15, 0.2) is 0 Å². The molecule has 0 saturated carbocycles. The molecule has 180 valence electrons. The van der Waals surface area contributed by atoms with Crippen LogP contribution in [0.15, 0.2) is 72.8 Å². The van der Waals surface area contributed by atoms with Crippen molar-refractivity contribution in [2.45, 2.75) is 31.1 Å². The van der Waals surface area contributed by atoms with Crippen molar-refractivity contribution in [3.05, 3.63) is 100 Å². The third-order valence-corrected chi connectivity index (χ3v) is 5.90. The number of likely N-dealkylation sites (N-methyl/N-ethyl adjacent to an activating group) is 1. The largest absolute Gasteiger partial charge is 0.495 e. The van der Waals surface area contributed by atoms with Crippen molar-refractivity contribution in [3.63, 3.8) is 0 Å². The summed E-state index contributed by atoms with van der Waals surface area (Å²) in [4.78, 5) is 12.7. The highest BCUT2D eigenvalue weighted by Crippen LogP contribution is 2.32. The summed E-state index contributed by atoms with van der Waals surface area (Å²) in [6, 6.07) is 18.9. The van der Waals surface area contributed by atoms with Gasteiger partial charge in [-0.1, -0.05) is 60.1 Å². The Morgan fingerprint density at radius 2 is 1.68 bits per heavy atom. The predicted molar refractivity (Wildman–Crippen MR) is 127 cm³/mol. The number of carbonyl (C=O) groups excluding carboxylic acids is 1. The van der Waals surface area contributed by atoms with Gasteiger partial charge in [0.2, 0.25) is 5.91 Å². The lowest BCUT2D eigenvalue weighted by Crippen LogP contribution is -2.38. The summed E-state index contributed by atoms with van der Waals surface area (Å²) in [7, 11) is 3.09. The van der Waals surface area contributed by atoms with Crippen LogP contribution in [0.5, 0.6) is 5.75 Å². The number of nitrogens with one attached hydrogen (secondary N) is 2. The Morgan fingerprint density at radius 1 is 1.00 bits per heavy atom. The number of hydrogen-bond acceptors (Lipinski definition) is 3. The van der Waals surface area contributed by atoms with Gasteiger partial charge in [-0.2, -0.15) is 13.2 Å². The first kappa shape index (κ1) is 25.6. The number of carbonyl (C=O) groups is 1. The molecule has 1 amide bonds. The SMILES string of the molecule is CNC(=O)[C@@H](N[C@@H](CCc1ccc(C(F)(F)F)cc1)c1ccc(Cl)c(OC)c1)c1ccccc1. The topological polar surface area (TPSA) is 50.4 Å². The molecule has 2 atom stereocenters. The molecular weight excluding hydrogens is 465 g/mol. The smallest absolute Gasteiger partial charge is 0.416 e. The van der Waals surface area contributed by atoms with Gasteiger partial charge in [-0.15, -0.1) is 0 Å². The molecule has 4 nitrogen and oxygen atoms in total. The number of rotatable bonds is 9. The van der Waals surface area contributed by atoms with Crippen LogP contribution in [-0.2, 0) is 17.4 Å². The summed E-state index contributed by atoms with van der Waals surface area (Å²) in [5.41, 5.74) is 1.72. The van der Waals surface area contributed by atoms with E-state index in [0.717, 1.165) is 28.8 Å². The van der Waals surface area contributed by atoms with E-state index in [1.807, 2.05) is 36.4 Å². The van der Waals surface area contributed by atoms with Gasteiger partial charge in [-0.25, -0.2) is 0 Å². The molecule has 0 heterocycles. The second-order valence-corrected chi connectivity index (χ2v) is 8.21. The highest BCUT2D eigenvalue weighted by molar-refractivity contribution is 6.32. The second kappa shape index (κ2) is 11.4. The molecule has 0 fully saturated rings. The van der Waals surface area contributed by atoms with Gasteiger partial charge in [-0.05, 0) is 53.8 Å². The number of hydrogen-bond donors (Lipinski definition) is 2. The molecule has 3 aromatic rings. The van der Waals surface area contributed by atoms with E-state index >= 15 is 0 Å². The van der Waals surface area contributed by atoms with E-state index in [2.05, 4.69) is 10.6 Å². The summed E-state index contributed by atoms with van der Waals surface area (Å²) in [6.07, 6.45) is -3.36. The Kier molecular flexibility index (Phi) is 8.58. The summed E-state index contributed by atoms with van der Waals surface area (Å²) in [5.74, 6) is 0.295. The second-order valence-electron chi connectivity index (χ2n) is 7.80. The van der Waals surface area contributed by atoms with Gasteiger partial charge in [0.05, 0.1) is 17.7 Å². The molecule has 0 aromatic heterocycles. The van der Waals surface area contributed by atoms with Crippen molar-refractivity contribution in [2.24, 2.45) is 0 Å². The number of amides is 1. The first-order valence-corrected chi connectivity index (χ1v) is 11.1. The van der Waals surface area contributed by atoms with Crippen LogP contribution in [0.25, 0.3) is 0 Å². The Hall–Kier alpha value is -3.03. The molecule has 0 aliphatic carbocycles. The molecule has 0 bridgehead atoms. The average Bonchev–Trinajstić information content (AvgIpc) is 2.84. The predicted octanol–water partition coefficient (Wildman–Crippen LogP) is 6.12. The standard InChI is InChI=1S/C26H26ClF3N2O2/c1-31-25(33)24(18-6-4-3-5-7-18)32-22(19-11-14-21(27)23(16-19)34-2)15-10-17-8-12-20(13-9-17)26(28,29)30/h3-9,11-14,16,22,24,32H,10,15H2,1-2H3,(H,31,33)/t22-,24-/m0/s1. The molecule has 0 spiro atoms. The molecule has 34 heavy (non-hydrogen) atoms. The van der Waals surface area contributed by atoms with E-state index in [1.54, 1.807) is 19.2 Å². The Balaban J connectivity index is 1.89. The number of alkyl halides is 3. The van der Waals surface area contributed by atoms with Crippen LogP contribution in [0.3, 0.4) is 0 Å². The molecule has 3 rings (SSSR count). The summed E-state index contributed by atoms with van der Waals surface area (Å²) in [5, 5.41) is 6.57. The van der Waals surface area contributed by atoms with Crippen molar-refractivity contribution in [1.82, 2.24) is 10.6 Å². The fraction of sp³-hybridized carbons (Fsp3) is 0.269. The highest BCUT2D eigenvalue weighted by atomic mass is 35.5. The maximum Gasteiger partial charge on any atom is 0.416 e. The molecule has 0 aliphatic heterocycles. The van der Waals surface area contributed by atoms with Crippen LogP contribution in [-0.4, -0.2) is 20.1 Å². The lowest BCUT2D eigenvalue weighted by Gasteiger charge is -2.26. The van der Waals surface area contributed by atoms with E-state index in [0.29, 0.717) is 23.6 Å². The lowest BCUT2D eigenvalue weighted by atomic mass is 9.95. The van der Waals surface area contributed by atoms with Crippen molar-refractivity contribution in [1.29, 1.82) is 0 Å². The minimum absolute atomic E-state index is 0.202. The van der Waals surface area contributed by atoms with Gasteiger partial charge >= 0.3 is 6.18 Å². The lowest BCUT2D eigenvalue weighted by molar-refractivity contribution is -0.137. The van der Waals surface area contributed by atoms with E-state index in [-0.39, 0.29) is 11.9 Å². The molecular formula is C26H26ClF3N2O2. The van der Waals surface area contributed by atoms with Crippen LogP contribution in [0.4, 0.5) is 13.2 Å². The van der Waals surface area contributed by atoms with Crippen LogP contribution in [0.1, 0.15) is 40.8 Å². The van der Waals surface area contributed by atoms with Crippen LogP contribution >= 0.6 is 11.6 Å². The fourth-order valence-corrected chi connectivity index (χ4v) is 3.92. The van der Waals surface area contributed by atoms with Crippen molar-refractivity contribution >= 4 is 17.5 Å². The molecule has 3 aromatic carbocycles. The molecule has 0 radical (unpaired) electrons. The Bertz CT molecular complexity index is 1090. The zero-order chi connectivity index (χ0) is 24.7.